The Bertz CT molecular complexity index is 237. The average molecular weight is 208 g/mol. The molecule has 1 heterocycles. The summed E-state index contributed by atoms with van der Waals surface area (Å²) in [4.78, 5) is 2.39. The van der Waals surface area contributed by atoms with Gasteiger partial charge in [-0.1, -0.05) is 13.8 Å². The van der Waals surface area contributed by atoms with E-state index < -0.39 is 0 Å². The van der Waals surface area contributed by atoms with E-state index in [9.17, 15) is 0 Å². The van der Waals surface area contributed by atoms with E-state index in [1.54, 1.807) is 0 Å². The molecule has 1 aliphatic heterocycles. The monoisotopic (exact) mass is 208 g/mol. The third kappa shape index (κ3) is 2.35. The minimum atomic E-state index is 0.684. The minimum Gasteiger partial charge on any atom is -0.358 e. The van der Waals surface area contributed by atoms with Crippen LogP contribution in [0.2, 0.25) is 0 Å². The lowest BCUT2D eigenvalue weighted by Crippen LogP contribution is -2.45. The van der Waals surface area contributed by atoms with Crippen LogP contribution in [0.3, 0.4) is 0 Å². The number of nitrogens with zero attached hydrogens (tertiary/aromatic N) is 1. The molecule has 0 radical (unpaired) electrons. The Kier molecular flexibility index (Phi) is 3.32. The van der Waals surface area contributed by atoms with Crippen LogP contribution in [0.25, 0.3) is 0 Å². The van der Waals surface area contributed by atoms with E-state index in [-0.39, 0.29) is 0 Å². The lowest BCUT2D eigenvalue weighted by atomic mass is 9.78. The van der Waals surface area contributed by atoms with Gasteiger partial charge in [0.05, 0.1) is 5.84 Å². The highest BCUT2D eigenvalue weighted by molar-refractivity contribution is 5.80. The zero-order valence-corrected chi connectivity index (χ0v) is 10.1. The number of amidine groups is 1. The molecule has 2 aliphatic rings. The summed E-state index contributed by atoms with van der Waals surface area (Å²) in [5.74, 6) is 2.65. The molecular formula is C13H24N2. The summed E-state index contributed by atoms with van der Waals surface area (Å²) in [6.45, 7) is 5.90. The molecule has 1 saturated carbocycles. The smallest absolute Gasteiger partial charge is 0.0960 e. The van der Waals surface area contributed by atoms with Gasteiger partial charge in [-0.05, 0) is 43.9 Å². The van der Waals surface area contributed by atoms with Gasteiger partial charge < -0.3 is 4.90 Å². The Morgan fingerprint density at radius 3 is 2.60 bits per heavy atom. The van der Waals surface area contributed by atoms with Crippen molar-refractivity contribution in [3.05, 3.63) is 0 Å². The van der Waals surface area contributed by atoms with Gasteiger partial charge in [-0.3, -0.25) is 5.41 Å². The van der Waals surface area contributed by atoms with Crippen molar-refractivity contribution >= 4 is 5.84 Å². The van der Waals surface area contributed by atoms with Crippen molar-refractivity contribution in [1.29, 1.82) is 5.41 Å². The van der Waals surface area contributed by atoms with E-state index in [1.807, 2.05) is 0 Å². The van der Waals surface area contributed by atoms with Gasteiger partial charge in [0.2, 0.25) is 0 Å². The van der Waals surface area contributed by atoms with Crippen LogP contribution in [0.15, 0.2) is 0 Å². The van der Waals surface area contributed by atoms with Crippen molar-refractivity contribution in [2.24, 2.45) is 11.8 Å². The first-order valence-corrected chi connectivity index (χ1v) is 6.52. The SMILES string of the molecule is CC1CCC(N2CCCCC2=N)CC1C. The zero-order valence-electron chi connectivity index (χ0n) is 10.1. The highest BCUT2D eigenvalue weighted by Gasteiger charge is 2.30. The molecule has 2 rings (SSSR count). The number of hydrogen-bond donors (Lipinski definition) is 1. The Morgan fingerprint density at radius 1 is 1.13 bits per heavy atom. The van der Waals surface area contributed by atoms with Crippen LogP contribution in [0.1, 0.15) is 52.4 Å². The Labute approximate surface area is 93.6 Å². The second-order valence-electron chi connectivity index (χ2n) is 5.52. The van der Waals surface area contributed by atoms with Gasteiger partial charge in [0, 0.05) is 19.0 Å². The fourth-order valence-electron chi connectivity index (χ4n) is 3.06. The number of hydrogen-bond acceptors (Lipinski definition) is 1. The van der Waals surface area contributed by atoms with Crippen molar-refractivity contribution in [3.8, 4) is 0 Å². The third-order valence-corrected chi connectivity index (χ3v) is 4.42. The lowest BCUT2D eigenvalue weighted by molar-refractivity contribution is 0.153. The summed E-state index contributed by atoms with van der Waals surface area (Å²) >= 11 is 0. The number of rotatable bonds is 1. The molecule has 0 spiro atoms. The molecule has 0 aromatic rings. The summed E-state index contributed by atoms with van der Waals surface area (Å²) in [5, 5.41) is 8.02. The molecule has 0 aromatic heterocycles. The van der Waals surface area contributed by atoms with Crippen LogP contribution >= 0.6 is 0 Å². The number of piperidine rings is 1. The van der Waals surface area contributed by atoms with E-state index >= 15 is 0 Å². The molecule has 1 aliphatic carbocycles. The molecule has 3 unspecified atom stereocenters. The van der Waals surface area contributed by atoms with Gasteiger partial charge >= 0.3 is 0 Å². The predicted octanol–water partition coefficient (Wildman–Crippen LogP) is 3.27. The molecule has 1 saturated heterocycles. The second kappa shape index (κ2) is 4.54. The molecule has 0 amide bonds. The molecule has 2 nitrogen and oxygen atoms in total. The molecule has 2 fully saturated rings. The van der Waals surface area contributed by atoms with Crippen LogP contribution in [-0.2, 0) is 0 Å². The van der Waals surface area contributed by atoms with Gasteiger partial charge in [0.25, 0.3) is 0 Å². The molecular weight excluding hydrogens is 184 g/mol. The fourth-order valence-corrected chi connectivity index (χ4v) is 3.06. The minimum absolute atomic E-state index is 0.684. The topological polar surface area (TPSA) is 27.1 Å². The third-order valence-electron chi connectivity index (χ3n) is 4.42. The fraction of sp³-hybridized carbons (Fsp3) is 0.923. The summed E-state index contributed by atoms with van der Waals surface area (Å²) in [6.07, 6.45) is 7.52. The van der Waals surface area contributed by atoms with Gasteiger partial charge in [0.1, 0.15) is 0 Å². The quantitative estimate of drug-likeness (QED) is 0.703. The molecule has 0 aromatic carbocycles. The number of likely N-dealkylation sites (tertiary alicyclic amines) is 1. The molecule has 15 heavy (non-hydrogen) atoms. The molecule has 3 atom stereocenters. The van der Waals surface area contributed by atoms with E-state index in [4.69, 9.17) is 5.41 Å². The summed E-state index contributed by atoms with van der Waals surface area (Å²) < 4.78 is 0. The van der Waals surface area contributed by atoms with Gasteiger partial charge in [-0.2, -0.15) is 0 Å². The highest BCUT2D eigenvalue weighted by atomic mass is 15.2. The predicted molar refractivity (Wildman–Crippen MR) is 64.3 cm³/mol. The Hall–Kier alpha value is -0.530. The van der Waals surface area contributed by atoms with Gasteiger partial charge in [-0.25, -0.2) is 0 Å². The van der Waals surface area contributed by atoms with Crippen molar-refractivity contribution < 1.29 is 0 Å². The van der Waals surface area contributed by atoms with E-state index in [0.717, 1.165) is 30.6 Å². The van der Waals surface area contributed by atoms with Gasteiger partial charge in [-0.15, -0.1) is 0 Å². The standard InChI is InChI=1S/C13H24N2/c1-10-6-7-12(9-11(10)2)15-8-4-3-5-13(15)14/h10-12,14H,3-9H2,1-2H3. The molecule has 1 N–H and O–H groups in total. The molecule has 0 bridgehead atoms. The first kappa shape index (κ1) is 11.0. The van der Waals surface area contributed by atoms with Crippen molar-refractivity contribution in [2.45, 2.75) is 58.4 Å². The number of nitrogens with one attached hydrogen (secondary N) is 1. The van der Waals surface area contributed by atoms with Crippen LogP contribution < -0.4 is 0 Å². The van der Waals surface area contributed by atoms with Crippen LogP contribution in [0.5, 0.6) is 0 Å². The maximum atomic E-state index is 8.02. The average Bonchev–Trinajstić information content (AvgIpc) is 2.23. The first-order chi connectivity index (χ1) is 7.18. The lowest BCUT2D eigenvalue weighted by Gasteiger charge is -2.42. The maximum Gasteiger partial charge on any atom is 0.0960 e. The van der Waals surface area contributed by atoms with E-state index in [2.05, 4.69) is 18.7 Å². The van der Waals surface area contributed by atoms with Crippen molar-refractivity contribution in [3.63, 3.8) is 0 Å². The van der Waals surface area contributed by atoms with E-state index in [1.165, 1.54) is 32.1 Å². The highest BCUT2D eigenvalue weighted by Crippen LogP contribution is 2.33. The Balaban J connectivity index is 1.95. The molecule has 86 valence electrons. The van der Waals surface area contributed by atoms with Crippen LogP contribution in [0, 0.1) is 17.2 Å². The summed E-state index contributed by atoms with van der Waals surface area (Å²) in [5.41, 5.74) is 0. The second-order valence-corrected chi connectivity index (χ2v) is 5.52. The van der Waals surface area contributed by atoms with Crippen LogP contribution in [-0.4, -0.2) is 23.3 Å². The van der Waals surface area contributed by atoms with Crippen molar-refractivity contribution in [1.82, 2.24) is 4.90 Å². The van der Waals surface area contributed by atoms with E-state index in [0.29, 0.717) is 6.04 Å². The molecule has 2 heteroatoms. The normalized spacial score (nSPS) is 38.1. The zero-order chi connectivity index (χ0) is 10.8. The first-order valence-electron chi connectivity index (χ1n) is 6.52. The van der Waals surface area contributed by atoms with Gasteiger partial charge in [0.15, 0.2) is 0 Å². The maximum absolute atomic E-state index is 8.02. The Morgan fingerprint density at radius 2 is 1.93 bits per heavy atom. The largest absolute Gasteiger partial charge is 0.358 e. The van der Waals surface area contributed by atoms with Crippen molar-refractivity contribution in [2.75, 3.05) is 6.54 Å². The van der Waals surface area contributed by atoms with Crippen LogP contribution in [0.4, 0.5) is 0 Å². The summed E-state index contributed by atoms with van der Waals surface area (Å²) in [6, 6.07) is 0.684. The summed E-state index contributed by atoms with van der Waals surface area (Å²) in [7, 11) is 0.